The van der Waals surface area contributed by atoms with Crippen LogP contribution >= 0.6 is 0 Å². The van der Waals surface area contributed by atoms with Crippen molar-refractivity contribution in [2.75, 3.05) is 0 Å². The predicted molar refractivity (Wildman–Crippen MR) is 69.2 cm³/mol. The maximum atomic E-state index is 10.9. The van der Waals surface area contributed by atoms with Gasteiger partial charge in [0.1, 0.15) is 6.07 Å². The zero-order valence-corrected chi connectivity index (χ0v) is 9.91. The van der Waals surface area contributed by atoms with Gasteiger partial charge in [-0.2, -0.15) is 5.26 Å². The molecule has 0 saturated heterocycles. The fourth-order valence-corrected chi connectivity index (χ4v) is 1.95. The first-order valence-corrected chi connectivity index (χ1v) is 5.55. The molecule has 94 valence electrons. The summed E-state index contributed by atoms with van der Waals surface area (Å²) in [6.07, 6.45) is 0. The predicted octanol–water partition coefficient (Wildman–Crippen LogP) is 2.63. The highest BCUT2D eigenvalue weighted by atomic mass is 16.6. The summed E-state index contributed by atoms with van der Waals surface area (Å²) in [5.41, 5.74) is 1.32. The van der Waals surface area contributed by atoms with Gasteiger partial charge in [-0.25, -0.2) is 0 Å². The molecule has 0 unspecified atom stereocenters. The third-order valence-electron chi connectivity index (χ3n) is 2.84. The van der Waals surface area contributed by atoms with Crippen LogP contribution in [0.25, 0.3) is 11.1 Å². The standard InChI is InChI=1S/C14H10N2O3/c15-8-12-11(10-4-2-1-3-5-10)6-7-14(16(18)19)13(12)9-17/h1-7,17H,9H2. The number of nitro benzene ring substituents is 1. The van der Waals surface area contributed by atoms with E-state index in [4.69, 9.17) is 0 Å². The molecule has 0 heterocycles. The summed E-state index contributed by atoms with van der Waals surface area (Å²) in [6.45, 7) is -0.542. The first-order valence-electron chi connectivity index (χ1n) is 5.55. The Balaban J connectivity index is 2.72. The van der Waals surface area contributed by atoms with Crippen LogP contribution in [0.4, 0.5) is 5.69 Å². The van der Waals surface area contributed by atoms with E-state index in [1.54, 1.807) is 0 Å². The van der Waals surface area contributed by atoms with Gasteiger partial charge in [0.05, 0.1) is 22.7 Å². The van der Waals surface area contributed by atoms with Crippen LogP contribution in [0, 0.1) is 21.4 Å². The zero-order chi connectivity index (χ0) is 13.8. The minimum atomic E-state index is -0.596. The lowest BCUT2D eigenvalue weighted by atomic mass is 9.95. The fraction of sp³-hybridized carbons (Fsp3) is 0.0714. The van der Waals surface area contributed by atoms with Crippen LogP contribution in [0.1, 0.15) is 11.1 Å². The number of rotatable bonds is 3. The van der Waals surface area contributed by atoms with E-state index in [-0.39, 0.29) is 16.8 Å². The third kappa shape index (κ3) is 2.30. The summed E-state index contributed by atoms with van der Waals surface area (Å²) in [5.74, 6) is 0. The molecule has 0 amide bonds. The molecule has 0 aliphatic heterocycles. The maximum Gasteiger partial charge on any atom is 0.276 e. The number of nitriles is 1. The smallest absolute Gasteiger partial charge is 0.276 e. The maximum absolute atomic E-state index is 10.9. The van der Waals surface area contributed by atoms with Crippen molar-refractivity contribution in [3.05, 3.63) is 63.7 Å². The first-order chi connectivity index (χ1) is 9.19. The van der Waals surface area contributed by atoms with Crippen molar-refractivity contribution in [2.45, 2.75) is 6.61 Å². The highest BCUT2D eigenvalue weighted by Gasteiger charge is 2.20. The van der Waals surface area contributed by atoms with Gasteiger partial charge in [-0.3, -0.25) is 10.1 Å². The van der Waals surface area contributed by atoms with Gasteiger partial charge in [-0.1, -0.05) is 30.3 Å². The minimum Gasteiger partial charge on any atom is -0.391 e. The van der Waals surface area contributed by atoms with Crippen molar-refractivity contribution in [3.8, 4) is 17.2 Å². The largest absolute Gasteiger partial charge is 0.391 e. The number of hydrogen-bond donors (Lipinski definition) is 1. The Morgan fingerprint density at radius 3 is 2.42 bits per heavy atom. The van der Waals surface area contributed by atoms with Gasteiger partial charge in [0, 0.05) is 11.6 Å². The number of aliphatic hydroxyl groups is 1. The molecule has 5 nitrogen and oxygen atoms in total. The minimum absolute atomic E-state index is 0.0499. The monoisotopic (exact) mass is 254 g/mol. The Morgan fingerprint density at radius 1 is 1.21 bits per heavy atom. The van der Waals surface area contributed by atoms with Gasteiger partial charge in [-0.05, 0) is 11.6 Å². The molecular weight excluding hydrogens is 244 g/mol. The molecule has 0 aromatic heterocycles. The lowest BCUT2D eigenvalue weighted by molar-refractivity contribution is -0.385. The van der Waals surface area contributed by atoms with Crippen LogP contribution in [0.15, 0.2) is 42.5 Å². The second-order valence-corrected chi connectivity index (χ2v) is 3.88. The molecule has 0 saturated carbocycles. The summed E-state index contributed by atoms with van der Waals surface area (Å²) in [4.78, 5) is 10.3. The molecule has 0 fully saturated rings. The molecule has 5 heteroatoms. The van der Waals surface area contributed by atoms with Crippen LogP contribution in [-0.2, 0) is 6.61 Å². The highest BCUT2D eigenvalue weighted by molar-refractivity contribution is 5.74. The van der Waals surface area contributed by atoms with Gasteiger partial charge in [0.15, 0.2) is 0 Å². The molecule has 2 rings (SSSR count). The summed E-state index contributed by atoms with van der Waals surface area (Å²) < 4.78 is 0. The van der Waals surface area contributed by atoms with Gasteiger partial charge in [-0.15, -0.1) is 0 Å². The highest BCUT2D eigenvalue weighted by Crippen LogP contribution is 2.31. The summed E-state index contributed by atoms with van der Waals surface area (Å²) in [7, 11) is 0. The number of hydrogen-bond acceptors (Lipinski definition) is 4. The lowest BCUT2D eigenvalue weighted by Gasteiger charge is -2.08. The number of benzene rings is 2. The van der Waals surface area contributed by atoms with E-state index in [2.05, 4.69) is 0 Å². The normalized spacial score (nSPS) is 9.89. The molecule has 19 heavy (non-hydrogen) atoms. The van der Waals surface area contributed by atoms with E-state index in [1.165, 1.54) is 12.1 Å². The van der Waals surface area contributed by atoms with Crippen molar-refractivity contribution in [1.82, 2.24) is 0 Å². The van der Waals surface area contributed by atoms with Crippen molar-refractivity contribution in [1.29, 1.82) is 5.26 Å². The summed E-state index contributed by atoms with van der Waals surface area (Å²) in [5, 5.41) is 29.4. The molecule has 0 aliphatic rings. The molecule has 2 aromatic carbocycles. The van der Waals surface area contributed by atoms with E-state index in [0.29, 0.717) is 5.56 Å². The summed E-state index contributed by atoms with van der Waals surface area (Å²) >= 11 is 0. The average Bonchev–Trinajstić information content (AvgIpc) is 2.46. The molecule has 0 aliphatic carbocycles. The van der Waals surface area contributed by atoms with Gasteiger partial charge >= 0.3 is 0 Å². The average molecular weight is 254 g/mol. The van der Waals surface area contributed by atoms with Crippen molar-refractivity contribution < 1.29 is 10.0 Å². The lowest BCUT2D eigenvalue weighted by Crippen LogP contribution is -2.00. The van der Waals surface area contributed by atoms with Gasteiger partial charge < -0.3 is 5.11 Å². The number of nitro groups is 1. The number of nitrogens with zero attached hydrogens (tertiary/aromatic N) is 2. The molecule has 0 radical (unpaired) electrons. The topological polar surface area (TPSA) is 87.2 Å². The fourth-order valence-electron chi connectivity index (χ4n) is 1.95. The molecule has 0 atom stereocenters. The summed E-state index contributed by atoms with van der Waals surface area (Å²) in [6, 6.07) is 13.9. The van der Waals surface area contributed by atoms with E-state index in [9.17, 15) is 20.5 Å². The van der Waals surface area contributed by atoms with Crippen LogP contribution in [0.2, 0.25) is 0 Å². The van der Waals surface area contributed by atoms with E-state index < -0.39 is 11.5 Å². The molecule has 0 spiro atoms. The Bertz CT molecular complexity index is 660. The quantitative estimate of drug-likeness (QED) is 0.673. The zero-order valence-electron chi connectivity index (χ0n) is 9.91. The van der Waals surface area contributed by atoms with Crippen LogP contribution < -0.4 is 0 Å². The van der Waals surface area contributed by atoms with Crippen molar-refractivity contribution in [2.24, 2.45) is 0 Å². The van der Waals surface area contributed by atoms with E-state index in [1.807, 2.05) is 36.4 Å². The molecular formula is C14H10N2O3. The second-order valence-electron chi connectivity index (χ2n) is 3.88. The molecule has 2 aromatic rings. The van der Waals surface area contributed by atoms with Crippen LogP contribution in [0.5, 0.6) is 0 Å². The van der Waals surface area contributed by atoms with E-state index >= 15 is 0 Å². The Labute approximate surface area is 109 Å². The van der Waals surface area contributed by atoms with Gasteiger partial charge in [0.25, 0.3) is 5.69 Å². The SMILES string of the molecule is N#Cc1c(-c2ccccc2)ccc([N+](=O)[O-])c1CO. The van der Waals surface area contributed by atoms with Crippen molar-refractivity contribution >= 4 is 5.69 Å². The Morgan fingerprint density at radius 2 is 1.89 bits per heavy atom. The third-order valence-corrected chi connectivity index (χ3v) is 2.84. The number of aliphatic hydroxyl groups excluding tert-OH is 1. The molecule has 1 N–H and O–H groups in total. The Kier molecular flexibility index (Phi) is 3.55. The Hall–Kier alpha value is -2.71. The van der Waals surface area contributed by atoms with E-state index in [0.717, 1.165) is 5.56 Å². The van der Waals surface area contributed by atoms with Crippen LogP contribution in [-0.4, -0.2) is 10.0 Å². The van der Waals surface area contributed by atoms with Crippen molar-refractivity contribution in [3.63, 3.8) is 0 Å². The second kappa shape index (κ2) is 5.29. The van der Waals surface area contributed by atoms with Crippen LogP contribution in [0.3, 0.4) is 0 Å². The van der Waals surface area contributed by atoms with Gasteiger partial charge in [0.2, 0.25) is 0 Å². The first kappa shape index (κ1) is 12.7. The molecule has 0 bridgehead atoms.